The second kappa shape index (κ2) is 7.97. The Balaban J connectivity index is 1.87. The minimum Gasteiger partial charge on any atom is -0.396 e. The van der Waals surface area contributed by atoms with E-state index in [2.05, 4.69) is 20.3 Å². The van der Waals surface area contributed by atoms with Gasteiger partial charge in [-0.2, -0.15) is 0 Å². The lowest BCUT2D eigenvalue weighted by atomic mass is 10.1. The van der Waals surface area contributed by atoms with E-state index in [9.17, 15) is 8.78 Å². The van der Waals surface area contributed by atoms with Gasteiger partial charge in [-0.25, -0.2) is 18.7 Å². The summed E-state index contributed by atoms with van der Waals surface area (Å²) in [5, 5.41) is 11.9. The van der Waals surface area contributed by atoms with E-state index in [1.54, 1.807) is 6.20 Å². The third-order valence-corrected chi connectivity index (χ3v) is 3.75. The smallest absolute Gasteiger partial charge is 0.264 e. The minimum atomic E-state index is -2.55. The summed E-state index contributed by atoms with van der Waals surface area (Å²) in [5.41, 5.74) is 3.20. The molecule has 0 aliphatic rings. The number of alkyl halides is 2. The van der Waals surface area contributed by atoms with Gasteiger partial charge in [0.1, 0.15) is 11.6 Å². The molecule has 3 rings (SSSR count). The van der Waals surface area contributed by atoms with E-state index in [1.807, 2.05) is 31.2 Å². The van der Waals surface area contributed by atoms with Crippen LogP contribution in [0.25, 0.3) is 11.3 Å². The van der Waals surface area contributed by atoms with E-state index in [4.69, 9.17) is 5.11 Å². The molecular formula is C19H18F2N4O. The maximum absolute atomic E-state index is 12.8. The lowest BCUT2D eigenvalue weighted by Gasteiger charge is -2.10. The molecule has 0 aromatic carbocycles. The summed E-state index contributed by atoms with van der Waals surface area (Å²) in [6.45, 7) is 1.97. The van der Waals surface area contributed by atoms with Crippen molar-refractivity contribution in [2.45, 2.75) is 19.8 Å². The number of hydrogen-bond donors (Lipinski definition) is 2. The van der Waals surface area contributed by atoms with Crippen LogP contribution in [0.2, 0.25) is 0 Å². The number of aliphatic hydroxyl groups is 1. The van der Waals surface area contributed by atoms with Gasteiger partial charge in [0, 0.05) is 42.2 Å². The van der Waals surface area contributed by atoms with Crippen molar-refractivity contribution < 1.29 is 13.9 Å². The number of aliphatic hydroxyl groups excluding tert-OH is 1. The maximum atomic E-state index is 12.8. The van der Waals surface area contributed by atoms with Crippen LogP contribution in [0.4, 0.5) is 20.4 Å². The van der Waals surface area contributed by atoms with Crippen LogP contribution < -0.4 is 5.32 Å². The number of aryl methyl sites for hydroxylation is 1. The van der Waals surface area contributed by atoms with Crippen LogP contribution in [0, 0.1) is 6.92 Å². The molecule has 7 heteroatoms. The molecule has 0 fully saturated rings. The number of pyridine rings is 3. The van der Waals surface area contributed by atoms with Crippen molar-refractivity contribution in [2.24, 2.45) is 0 Å². The van der Waals surface area contributed by atoms with Crippen molar-refractivity contribution in [3.05, 3.63) is 65.6 Å². The molecule has 26 heavy (non-hydrogen) atoms. The zero-order chi connectivity index (χ0) is 18.5. The van der Waals surface area contributed by atoms with E-state index in [1.165, 1.54) is 18.3 Å². The normalized spacial score (nSPS) is 11.0. The number of hydrogen-bond acceptors (Lipinski definition) is 5. The molecule has 0 aliphatic heterocycles. The molecule has 0 atom stereocenters. The van der Waals surface area contributed by atoms with E-state index in [0.717, 1.165) is 16.8 Å². The molecule has 0 saturated heterocycles. The highest BCUT2D eigenvalue weighted by Gasteiger charge is 2.09. The van der Waals surface area contributed by atoms with Crippen LogP contribution in [0.5, 0.6) is 0 Å². The van der Waals surface area contributed by atoms with Crippen molar-refractivity contribution >= 4 is 11.6 Å². The van der Waals surface area contributed by atoms with E-state index in [0.29, 0.717) is 23.8 Å². The predicted molar refractivity (Wildman–Crippen MR) is 95.5 cm³/mol. The Morgan fingerprint density at radius 1 is 1.08 bits per heavy atom. The quantitative estimate of drug-likeness (QED) is 0.697. The summed E-state index contributed by atoms with van der Waals surface area (Å²) < 4.78 is 25.7. The zero-order valence-electron chi connectivity index (χ0n) is 14.2. The first kappa shape index (κ1) is 17.9. The Morgan fingerprint density at radius 3 is 2.62 bits per heavy atom. The molecule has 3 heterocycles. The maximum Gasteiger partial charge on any atom is 0.264 e. The van der Waals surface area contributed by atoms with Crippen molar-refractivity contribution in [1.82, 2.24) is 15.0 Å². The summed E-state index contributed by atoms with van der Waals surface area (Å²) in [5.74, 6) is 0.821. The molecule has 2 N–H and O–H groups in total. The fourth-order valence-corrected chi connectivity index (χ4v) is 2.50. The number of halogens is 2. The number of nitrogens with zero attached hydrogens (tertiary/aromatic N) is 3. The molecule has 0 unspecified atom stereocenters. The molecular weight excluding hydrogens is 338 g/mol. The largest absolute Gasteiger partial charge is 0.396 e. The Bertz CT molecular complexity index is 885. The third kappa shape index (κ3) is 4.37. The first-order valence-corrected chi connectivity index (χ1v) is 8.11. The van der Waals surface area contributed by atoms with Gasteiger partial charge in [-0.05, 0) is 48.9 Å². The molecule has 3 aromatic heterocycles. The van der Waals surface area contributed by atoms with Gasteiger partial charge in [0.25, 0.3) is 6.43 Å². The average Bonchev–Trinajstić information content (AvgIpc) is 2.62. The highest BCUT2D eigenvalue weighted by Crippen LogP contribution is 2.24. The molecule has 0 spiro atoms. The van der Waals surface area contributed by atoms with E-state index >= 15 is 0 Å². The highest BCUT2D eigenvalue weighted by molar-refractivity contribution is 5.64. The SMILES string of the molecule is Cc1cc(Nc2cc(C(F)F)ccn2)nc(-c2ccc(CCO)nc2)c1. The monoisotopic (exact) mass is 356 g/mol. The average molecular weight is 356 g/mol. The Kier molecular flexibility index (Phi) is 5.48. The molecule has 134 valence electrons. The second-order valence-electron chi connectivity index (χ2n) is 5.83. The van der Waals surface area contributed by atoms with Crippen molar-refractivity contribution in [3.8, 4) is 11.3 Å². The van der Waals surface area contributed by atoms with Crippen LogP contribution in [0.1, 0.15) is 23.2 Å². The second-order valence-corrected chi connectivity index (χ2v) is 5.83. The zero-order valence-corrected chi connectivity index (χ0v) is 14.2. The molecule has 0 saturated carbocycles. The van der Waals surface area contributed by atoms with Crippen LogP contribution in [0.15, 0.2) is 48.8 Å². The van der Waals surface area contributed by atoms with Gasteiger partial charge >= 0.3 is 0 Å². The minimum absolute atomic E-state index is 0.0494. The van der Waals surface area contributed by atoms with Crippen LogP contribution in [-0.4, -0.2) is 26.7 Å². The molecule has 0 amide bonds. The summed E-state index contributed by atoms with van der Waals surface area (Å²) >= 11 is 0. The number of nitrogens with one attached hydrogen (secondary N) is 1. The number of anilines is 2. The van der Waals surface area contributed by atoms with Crippen molar-refractivity contribution in [3.63, 3.8) is 0 Å². The van der Waals surface area contributed by atoms with Crippen LogP contribution >= 0.6 is 0 Å². The Labute approximate surface area is 149 Å². The van der Waals surface area contributed by atoms with Crippen molar-refractivity contribution in [1.29, 1.82) is 0 Å². The molecule has 0 aliphatic carbocycles. The van der Waals surface area contributed by atoms with Gasteiger partial charge in [0.2, 0.25) is 0 Å². The summed E-state index contributed by atoms with van der Waals surface area (Å²) in [4.78, 5) is 12.9. The first-order valence-electron chi connectivity index (χ1n) is 8.11. The summed E-state index contributed by atoms with van der Waals surface area (Å²) in [6, 6.07) is 10.0. The third-order valence-electron chi connectivity index (χ3n) is 3.75. The number of aromatic nitrogens is 3. The van der Waals surface area contributed by atoms with Gasteiger partial charge in [-0.15, -0.1) is 0 Å². The summed E-state index contributed by atoms with van der Waals surface area (Å²) in [7, 11) is 0. The predicted octanol–water partition coefficient (Wildman–Crippen LogP) is 4.06. The standard InChI is InChI=1S/C19H18F2N4O/c1-12-8-16(14-2-3-15(5-7-26)23-11-14)24-18(9-12)25-17-10-13(19(20)21)4-6-22-17/h2-4,6,8-11,19,26H,5,7H2,1H3,(H,22,24,25). The lowest BCUT2D eigenvalue weighted by molar-refractivity contribution is 0.151. The number of rotatable bonds is 6. The van der Waals surface area contributed by atoms with Gasteiger partial charge < -0.3 is 10.4 Å². The molecule has 0 bridgehead atoms. The lowest BCUT2D eigenvalue weighted by Crippen LogP contribution is -2.00. The van der Waals surface area contributed by atoms with Gasteiger partial charge in [-0.1, -0.05) is 0 Å². The fraction of sp³-hybridized carbons (Fsp3) is 0.211. The van der Waals surface area contributed by atoms with Crippen LogP contribution in [-0.2, 0) is 6.42 Å². The van der Waals surface area contributed by atoms with Crippen LogP contribution in [0.3, 0.4) is 0 Å². The highest BCUT2D eigenvalue weighted by atomic mass is 19.3. The Hall–Kier alpha value is -2.93. The van der Waals surface area contributed by atoms with Crippen molar-refractivity contribution in [2.75, 3.05) is 11.9 Å². The summed E-state index contributed by atoms with van der Waals surface area (Å²) in [6.07, 6.45) is 0.986. The van der Waals surface area contributed by atoms with E-state index < -0.39 is 6.43 Å². The Morgan fingerprint density at radius 2 is 1.92 bits per heavy atom. The topological polar surface area (TPSA) is 70.9 Å². The van der Waals surface area contributed by atoms with E-state index in [-0.39, 0.29) is 12.2 Å². The van der Waals surface area contributed by atoms with Gasteiger partial charge in [-0.3, -0.25) is 4.98 Å². The fourth-order valence-electron chi connectivity index (χ4n) is 2.50. The van der Waals surface area contributed by atoms with Gasteiger partial charge in [0.05, 0.1) is 5.69 Å². The van der Waals surface area contributed by atoms with Gasteiger partial charge in [0.15, 0.2) is 0 Å². The molecule has 3 aromatic rings. The molecule has 5 nitrogen and oxygen atoms in total. The first-order chi connectivity index (χ1) is 12.5. The molecule has 0 radical (unpaired) electrons.